The van der Waals surface area contributed by atoms with Gasteiger partial charge in [0.2, 0.25) is 5.91 Å². The number of aromatic nitrogens is 1. The molecule has 0 saturated heterocycles. The fraction of sp³-hybridized carbons (Fsp3) is 0.538. The van der Waals surface area contributed by atoms with E-state index in [0.29, 0.717) is 6.42 Å². The Morgan fingerprint density at radius 1 is 1.50 bits per heavy atom. The van der Waals surface area contributed by atoms with E-state index < -0.39 is 0 Å². The summed E-state index contributed by atoms with van der Waals surface area (Å²) in [5, 5.41) is 6.11. The van der Waals surface area contributed by atoms with Crippen LogP contribution >= 0.6 is 0 Å². The van der Waals surface area contributed by atoms with Gasteiger partial charge in [0.05, 0.1) is 5.69 Å². The summed E-state index contributed by atoms with van der Waals surface area (Å²) in [6.45, 7) is 4.89. The molecule has 1 atom stereocenters. The van der Waals surface area contributed by atoms with Gasteiger partial charge in [-0.05, 0) is 25.6 Å². The summed E-state index contributed by atoms with van der Waals surface area (Å²) in [5.74, 6) is 0.765. The van der Waals surface area contributed by atoms with Crippen molar-refractivity contribution in [2.75, 3.05) is 30.9 Å². The van der Waals surface area contributed by atoms with Crippen molar-refractivity contribution in [3.8, 4) is 0 Å². The summed E-state index contributed by atoms with van der Waals surface area (Å²) in [5.41, 5.74) is 0.746. The normalized spacial score (nSPS) is 12.0. The maximum Gasteiger partial charge on any atom is 0.226 e. The molecule has 0 aliphatic carbocycles. The van der Waals surface area contributed by atoms with Gasteiger partial charge in [-0.1, -0.05) is 6.92 Å². The molecular weight excluding hydrogens is 228 g/mol. The molecule has 0 fully saturated rings. The minimum Gasteiger partial charge on any atom is -0.361 e. The van der Waals surface area contributed by atoms with E-state index in [0.717, 1.165) is 18.1 Å². The standard InChI is InChI=1S/C13H22N4O/c1-5-14-10(2)9-12(18)16-11-7-6-8-15-13(11)17(3)4/h6-8,10,14H,5,9H2,1-4H3,(H,16,18). The fourth-order valence-corrected chi connectivity index (χ4v) is 1.75. The lowest BCUT2D eigenvalue weighted by Gasteiger charge is -2.17. The lowest BCUT2D eigenvalue weighted by atomic mass is 10.2. The van der Waals surface area contributed by atoms with Crippen LogP contribution in [0.5, 0.6) is 0 Å². The van der Waals surface area contributed by atoms with Crippen LogP contribution in [0.1, 0.15) is 20.3 Å². The van der Waals surface area contributed by atoms with Gasteiger partial charge in [0.25, 0.3) is 0 Å². The number of hydrogen-bond acceptors (Lipinski definition) is 4. The number of anilines is 2. The molecule has 1 amide bonds. The van der Waals surface area contributed by atoms with Crippen LogP contribution in [0.15, 0.2) is 18.3 Å². The Kier molecular flexibility index (Phi) is 5.58. The van der Waals surface area contributed by atoms with Gasteiger partial charge >= 0.3 is 0 Å². The molecule has 5 heteroatoms. The average Bonchev–Trinajstić information content (AvgIpc) is 2.29. The Bertz CT molecular complexity index is 392. The smallest absolute Gasteiger partial charge is 0.226 e. The van der Waals surface area contributed by atoms with Crippen molar-refractivity contribution in [2.24, 2.45) is 0 Å². The van der Waals surface area contributed by atoms with Gasteiger partial charge in [0.1, 0.15) is 0 Å². The lowest BCUT2D eigenvalue weighted by molar-refractivity contribution is -0.116. The molecule has 0 aliphatic heterocycles. The third-order valence-corrected chi connectivity index (χ3v) is 2.53. The quantitative estimate of drug-likeness (QED) is 0.803. The lowest BCUT2D eigenvalue weighted by Crippen LogP contribution is -2.30. The number of pyridine rings is 1. The number of amides is 1. The number of nitrogens with zero attached hydrogens (tertiary/aromatic N) is 2. The number of hydrogen-bond donors (Lipinski definition) is 2. The van der Waals surface area contributed by atoms with Crippen molar-refractivity contribution < 1.29 is 4.79 Å². The fourth-order valence-electron chi connectivity index (χ4n) is 1.75. The molecule has 18 heavy (non-hydrogen) atoms. The van der Waals surface area contributed by atoms with E-state index in [9.17, 15) is 4.79 Å². The van der Waals surface area contributed by atoms with Crippen LogP contribution in [-0.2, 0) is 4.79 Å². The van der Waals surface area contributed by atoms with Crippen LogP contribution in [-0.4, -0.2) is 37.6 Å². The number of carbonyl (C=O) groups is 1. The van der Waals surface area contributed by atoms with Gasteiger partial charge in [0.15, 0.2) is 5.82 Å². The van der Waals surface area contributed by atoms with Crippen molar-refractivity contribution in [3.63, 3.8) is 0 Å². The molecule has 1 unspecified atom stereocenters. The summed E-state index contributed by atoms with van der Waals surface area (Å²) < 4.78 is 0. The van der Waals surface area contributed by atoms with Crippen molar-refractivity contribution in [1.82, 2.24) is 10.3 Å². The topological polar surface area (TPSA) is 57.3 Å². The Balaban J connectivity index is 2.64. The monoisotopic (exact) mass is 250 g/mol. The second kappa shape index (κ2) is 6.96. The maximum atomic E-state index is 11.9. The molecule has 1 aromatic heterocycles. The SMILES string of the molecule is CCNC(C)CC(=O)Nc1cccnc1N(C)C. The van der Waals surface area contributed by atoms with E-state index in [-0.39, 0.29) is 11.9 Å². The number of nitrogens with one attached hydrogen (secondary N) is 2. The first-order chi connectivity index (χ1) is 8.54. The first-order valence-corrected chi connectivity index (χ1v) is 6.20. The Morgan fingerprint density at radius 3 is 2.83 bits per heavy atom. The Morgan fingerprint density at radius 2 is 2.22 bits per heavy atom. The highest BCUT2D eigenvalue weighted by atomic mass is 16.1. The van der Waals surface area contributed by atoms with Crippen molar-refractivity contribution >= 4 is 17.4 Å². The third-order valence-electron chi connectivity index (χ3n) is 2.53. The van der Waals surface area contributed by atoms with Gasteiger partial charge in [-0.15, -0.1) is 0 Å². The van der Waals surface area contributed by atoms with Gasteiger partial charge in [-0.2, -0.15) is 0 Å². The van der Waals surface area contributed by atoms with E-state index in [1.54, 1.807) is 6.20 Å². The van der Waals surface area contributed by atoms with E-state index in [1.807, 2.05) is 45.0 Å². The zero-order valence-corrected chi connectivity index (χ0v) is 11.5. The highest BCUT2D eigenvalue weighted by Gasteiger charge is 2.11. The molecule has 1 heterocycles. The van der Waals surface area contributed by atoms with Crippen molar-refractivity contribution in [3.05, 3.63) is 18.3 Å². The predicted molar refractivity (Wildman–Crippen MR) is 74.9 cm³/mol. The molecule has 5 nitrogen and oxygen atoms in total. The van der Waals surface area contributed by atoms with E-state index >= 15 is 0 Å². The van der Waals surface area contributed by atoms with Crippen molar-refractivity contribution in [2.45, 2.75) is 26.3 Å². The summed E-state index contributed by atoms with van der Waals surface area (Å²) in [6.07, 6.45) is 2.17. The van der Waals surface area contributed by atoms with Gasteiger partial charge in [-0.3, -0.25) is 4.79 Å². The molecule has 100 valence electrons. The highest BCUT2D eigenvalue weighted by molar-refractivity contribution is 5.93. The predicted octanol–water partition coefficient (Wildman–Crippen LogP) is 1.47. The summed E-state index contributed by atoms with van der Waals surface area (Å²) in [4.78, 5) is 18.0. The molecule has 0 aromatic carbocycles. The first-order valence-electron chi connectivity index (χ1n) is 6.20. The second-order valence-corrected chi connectivity index (χ2v) is 4.48. The molecule has 0 saturated carbocycles. The van der Waals surface area contributed by atoms with Gasteiger partial charge in [0, 0.05) is 32.8 Å². The molecule has 0 bridgehead atoms. The molecule has 0 spiro atoms. The van der Waals surface area contributed by atoms with Gasteiger partial charge in [-0.25, -0.2) is 4.98 Å². The maximum absolute atomic E-state index is 11.9. The van der Waals surface area contributed by atoms with Crippen LogP contribution < -0.4 is 15.5 Å². The molecule has 1 rings (SSSR count). The van der Waals surface area contributed by atoms with Crippen LogP contribution in [0.2, 0.25) is 0 Å². The van der Waals surface area contributed by atoms with Crippen LogP contribution in [0.25, 0.3) is 0 Å². The summed E-state index contributed by atoms with van der Waals surface area (Å²) in [7, 11) is 3.80. The van der Waals surface area contributed by atoms with Crippen LogP contribution in [0, 0.1) is 0 Å². The van der Waals surface area contributed by atoms with E-state index in [1.165, 1.54) is 0 Å². The second-order valence-electron chi connectivity index (χ2n) is 4.48. The van der Waals surface area contributed by atoms with Crippen LogP contribution in [0.3, 0.4) is 0 Å². The molecule has 2 N–H and O–H groups in total. The van der Waals surface area contributed by atoms with Gasteiger partial charge < -0.3 is 15.5 Å². The molecular formula is C13H22N4O. The third kappa shape index (κ3) is 4.33. The van der Waals surface area contributed by atoms with E-state index in [2.05, 4.69) is 15.6 Å². The summed E-state index contributed by atoms with van der Waals surface area (Å²) in [6, 6.07) is 3.85. The first kappa shape index (κ1) is 14.4. The highest BCUT2D eigenvalue weighted by Crippen LogP contribution is 2.20. The largest absolute Gasteiger partial charge is 0.361 e. The zero-order chi connectivity index (χ0) is 13.5. The van der Waals surface area contributed by atoms with Crippen LogP contribution in [0.4, 0.5) is 11.5 Å². The Labute approximate surface area is 109 Å². The van der Waals surface area contributed by atoms with E-state index in [4.69, 9.17) is 0 Å². The molecule has 1 aromatic rings. The molecule has 0 radical (unpaired) electrons. The molecule has 0 aliphatic rings. The number of rotatable bonds is 6. The minimum atomic E-state index is -0.000417. The minimum absolute atomic E-state index is 0.000417. The zero-order valence-electron chi connectivity index (χ0n) is 11.5. The average molecular weight is 250 g/mol. The number of carbonyl (C=O) groups excluding carboxylic acids is 1. The summed E-state index contributed by atoms with van der Waals surface area (Å²) >= 11 is 0. The Hall–Kier alpha value is -1.62. The van der Waals surface area contributed by atoms with Crippen molar-refractivity contribution in [1.29, 1.82) is 0 Å².